The summed E-state index contributed by atoms with van der Waals surface area (Å²) in [4.78, 5) is 46.2. The van der Waals surface area contributed by atoms with Crippen LogP contribution in [-0.2, 0) is 25.5 Å². The smallest absolute Gasteiger partial charge is 0.410 e. The van der Waals surface area contributed by atoms with E-state index in [4.69, 9.17) is 14.3 Å². The second-order valence-electron chi connectivity index (χ2n) is 10.3. The van der Waals surface area contributed by atoms with Gasteiger partial charge in [0.15, 0.2) is 6.61 Å². The summed E-state index contributed by atoms with van der Waals surface area (Å²) < 4.78 is 10.7. The first kappa shape index (κ1) is 29.5. The van der Waals surface area contributed by atoms with Crippen LogP contribution in [0.4, 0.5) is 4.79 Å². The van der Waals surface area contributed by atoms with E-state index in [1.807, 2.05) is 18.2 Å². The molecule has 0 spiro atoms. The quantitative estimate of drug-likeness (QED) is 0.335. The largest absolute Gasteiger partial charge is 0.508 e. The molecular weight excluding hydrogens is 506 g/mol. The number of nitrogens with zero attached hydrogens (tertiary/aromatic N) is 3. The van der Waals surface area contributed by atoms with Crippen LogP contribution in [0.25, 0.3) is 0 Å². The number of piperazine rings is 1. The van der Waals surface area contributed by atoms with Crippen molar-refractivity contribution >= 4 is 23.7 Å². The van der Waals surface area contributed by atoms with Gasteiger partial charge < -0.3 is 34.3 Å². The number of cyclic esters (lactones) is 1. The average Bonchev–Trinajstić information content (AvgIpc) is 2.85. The standard InChI is InChI=1S/C28H37N3O8/c1-28(2,3)39-27(36)31-13-11-30(12-14-31)24(34)19-38-29-21-10-8-6-4-5-7-9-15-37-26(35)25-20(16-21)17-22(32)18-23(25)33/h5,7-8,10,17-18,32-33H,4,6,9,11-16,19H2,1-3H3. The zero-order valence-electron chi connectivity index (χ0n) is 22.7. The highest BCUT2D eigenvalue weighted by Crippen LogP contribution is 2.29. The number of allylic oxidation sites excluding steroid dienone is 3. The topological polar surface area (TPSA) is 138 Å². The third-order valence-electron chi connectivity index (χ3n) is 5.91. The Labute approximate surface area is 228 Å². The first-order valence-electron chi connectivity index (χ1n) is 13.0. The lowest BCUT2D eigenvalue weighted by Gasteiger charge is -2.35. The van der Waals surface area contributed by atoms with Gasteiger partial charge >= 0.3 is 12.1 Å². The summed E-state index contributed by atoms with van der Waals surface area (Å²) in [6.07, 6.45) is 9.23. The Bertz CT molecular complexity index is 1130. The molecule has 2 aliphatic heterocycles. The van der Waals surface area contributed by atoms with Crippen LogP contribution in [0.15, 0.2) is 41.6 Å². The van der Waals surface area contributed by atoms with Crippen molar-refractivity contribution in [3.05, 3.63) is 47.6 Å². The normalized spacial score (nSPS) is 18.2. The van der Waals surface area contributed by atoms with Crippen molar-refractivity contribution in [3.8, 4) is 11.5 Å². The van der Waals surface area contributed by atoms with Crippen LogP contribution in [0.2, 0.25) is 0 Å². The van der Waals surface area contributed by atoms with Gasteiger partial charge in [-0.1, -0.05) is 23.4 Å². The highest BCUT2D eigenvalue weighted by molar-refractivity contribution is 6.00. The number of oxime groups is 1. The minimum atomic E-state index is -0.710. The van der Waals surface area contributed by atoms with E-state index in [1.165, 1.54) is 6.07 Å². The van der Waals surface area contributed by atoms with Gasteiger partial charge in [0.2, 0.25) is 0 Å². The first-order valence-corrected chi connectivity index (χ1v) is 13.0. The van der Waals surface area contributed by atoms with Gasteiger partial charge in [-0.25, -0.2) is 9.59 Å². The zero-order chi connectivity index (χ0) is 28.4. The van der Waals surface area contributed by atoms with E-state index in [9.17, 15) is 24.6 Å². The van der Waals surface area contributed by atoms with Gasteiger partial charge in [0.05, 0.1) is 12.3 Å². The highest BCUT2D eigenvalue weighted by atomic mass is 16.6. The maximum absolute atomic E-state index is 12.7. The Morgan fingerprint density at radius 1 is 1.00 bits per heavy atom. The molecule has 0 bridgehead atoms. The molecule has 1 aromatic carbocycles. The van der Waals surface area contributed by atoms with Crippen molar-refractivity contribution in [1.82, 2.24) is 9.80 Å². The van der Waals surface area contributed by atoms with E-state index in [0.29, 0.717) is 43.9 Å². The third kappa shape index (κ3) is 9.35. The molecular formula is C28H37N3O8. The third-order valence-corrected chi connectivity index (χ3v) is 5.91. The minimum Gasteiger partial charge on any atom is -0.508 e. The van der Waals surface area contributed by atoms with Gasteiger partial charge in [0, 0.05) is 38.7 Å². The molecule has 11 nitrogen and oxygen atoms in total. The van der Waals surface area contributed by atoms with E-state index in [-0.39, 0.29) is 36.9 Å². The molecule has 0 radical (unpaired) electrons. The zero-order valence-corrected chi connectivity index (χ0v) is 22.7. The molecule has 0 atom stereocenters. The van der Waals surface area contributed by atoms with Crippen molar-refractivity contribution < 1.29 is 38.9 Å². The molecule has 39 heavy (non-hydrogen) atoms. The molecule has 0 saturated carbocycles. The van der Waals surface area contributed by atoms with Crippen LogP contribution in [0.1, 0.15) is 56.0 Å². The number of hydrogen-bond donors (Lipinski definition) is 2. The average molecular weight is 544 g/mol. The molecule has 0 unspecified atom stereocenters. The molecule has 3 rings (SSSR count). The molecule has 1 aromatic rings. The number of amides is 2. The Morgan fingerprint density at radius 3 is 2.38 bits per heavy atom. The fourth-order valence-electron chi connectivity index (χ4n) is 4.03. The summed E-state index contributed by atoms with van der Waals surface area (Å²) in [6.45, 7) is 6.65. The number of phenols is 2. The number of aromatic hydroxyl groups is 2. The number of benzene rings is 1. The SMILES string of the molecule is CC(C)(C)OC(=O)N1CCN(C(=O)CON=C2C=CCCC=CCCOC(=O)c3c(O)cc(O)cc3C2)CC1. The Morgan fingerprint density at radius 2 is 1.67 bits per heavy atom. The summed E-state index contributed by atoms with van der Waals surface area (Å²) in [7, 11) is 0. The summed E-state index contributed by atoms with van der Waals surface area (Å²) in [5.41, 5.74) is 0.0419. The van der Waals surface area contributed by atoms with Crippen molar-refractivity contribution in [2.75, 3.05) is 39.4 Å². The lowest BCUT2D eigenvalue weighted by Crippen LogP contribution is -2.52. The molecule has 2 heterocycles. The fourth-order valence-corrected chi connectivity index (χ4v) is 4.03. The number of phenolic OH excluding ortho intramolecular Hbond substituents is 2. The number of esters is 1. The van der Waals surface area contributed by atoms with Crippen molar-refractivity contribution in [3.63, 3.8) is 0 Å². The Hall–Kier alpha value is -4.02. The molecule has 11 heteroatoms. The highest BCUT2D eigenvalue weighted by Gasteiger charge is 2.28. The minimum absolute atomic E-state index is 0.0431. The number of fused-ring (bicyclic) bond motifs is 1. The molecule has 2 N–H and O–H groups in total. The van der Waals surface area contributed by atoms with Gasteiger partial charge in [-0.15, -0.1) is 0 Å². The summed E-state index contributed by atoms with van der Waals surface area (Å²) >= 11 is 0. The summed E-state index contributed by atoms with van der Waals surface area (Å²) in [6, 6.07) is 2.44. The molecule has 212 valence electrons. The second kappa shape index (κ2) is 13.7. The van der Waals surface area contributed by atoms with E-state index in [1.54, 1.807) is 36.6 Å². The van der Waals surface area contributed by atoms with Crippen LogP contribution in [0.5, 0.6) is 11.5 Å². The number of rotatable bonds is 3. The number of carbonyl (C=O) groups is 3. The van der Waals surface area contributed by atoms with Crippen LogP contribution < -0.4 is 0 Å². The molecule has 0 aliphatic carbocycles. The van der Waals surface area contributed by atoms with Gasteiger partial charge in [0.25, 0.3) is 5.91 Å². The fraction of sp³-hybridized carbons (Fsp3) is 0.500. The van der Waals surface area contributed by atoms with Crippen LogP contribution >= 0.6 is 0 Å². The summed E-state index contributed by atoms with van der Waals surface area (Å²) in [5, 5.41) is 24.5. The van der Waals surface area contributed by atoms with Crippen LogP contribution in [0, 0.1) is 0 Å². The van der Waals surface area contributed by atoms with Crippen LogP contribution in [0.3, 0.4) is 0 Å². The maximum Gasteiger partial charge on any atom is 0.410 e. The van der Waals surface area contributed by atoms with Crippen molar-refractivity contribution in [2.45, 2.75) is 52.1 Å². The Balaban J connectivity index is 1.67. The van der Waals surface area contributed by atoms with Crippen molar-refractivity contribution in [2.24, 2.45) is 5.16 Å². The molecule has 2 aliphatic rings. The van der Waals surface area contributed by atoms with E-state index in [2.05, 4.69) is 5.16 Å². The van der Waals surface area contributed by atoms with Crippen molar-refractivity contribution in [1.29, 1.82) is 0 Å². The van der Waals surface area contributed by atoms with E-state index >= 15 is 0 Å². The van der Waals surface area contributed by atoms with Gasteiger partial charge in [-0.2, -0.15) is 0 Å². The monoisotopic (exact) mass is 543 g/mol. The lowest BCUT2D eigenvalue weighted by atomic mass is 10.00. The molecule has 1 fully saturated rings. The lowest BCUT2D eigenvalue weighted by molar-refractivity contribution is -0.137. The summed E-state index contributed by atoms with van der Waals surface area (Å²) in [5.74, 6) is -1.61. The molecule has 1 saturated heterocycles. The molecule has 0 aromatic heterocycles. The number of hydrogen-bond acceptors (Lipinski definition) is 9. The predicted octanol–water partition coefficient (Wildman–Crippen LogP) is 3.55. The number of carbonyl (C=O) groups excluding carboxylic acids is 3. The van der Waals surface area contributed by atoms with Gasteiger partial charge in [0.1, 0.15) is 22.7 Å². The van der Waals surface area contributed by atoms with Gasteiger partial charge in [-0.05, 0) is 57.7 Å². The molecule has 2 amide bonds. The van der Waals surface area contributed by atoms with Crippen LogP contribution in [-0.4, -0.2) is 88.7 Å². The first-order chi connectivity index (χ1) is 18.5. The Kier molecular flexibility index (Phi) is 10.4. The van der Waals surface area contributed by atoms with Gasteiger partial charge in [-0.3, -0.25) is 4.79 Å². The van der Waals surface area contributed by atoms with E-state index in [0.717, 1.165) is 18.9 Å². The number of ether oxygens (including phenoxy) is 2. The predicted molar refractivity (Wildman–Crippen MR) is 144 cm³/mol. The maximum atomic E-state index is 12.7. The van der Waals surface area contributed by atoms with E-state index < -0.39 is 23.4 Å². The second-order valence-corrected chi connectivity index (χ2v) is 10.3.